The summed E-state index contributed by atoms with van der Waals surface area (Å²) in [5.74, 6) is -1.05. The van der Waals surface area contributed by atoms with Crippen molar-refractivity contribution in [3.8, 4) is 0 Å². The zero-order chi connectivity index (χ0) is 14.1. The quantitative estimate of drug-likeness (QED) is 0.893. The van der Waals surface area contributed by atoms with Crippen molar-refractivity contribution in [1.29, 1.82) is 0 Å². The highest BCUT2D eigenvalue weighted by Crippen LogP contribution is 2.24. The second-order valence-electron chi connectivity index (χ2n) is 4.73. The predicted octanol–water partition coefficient (Wildman–Crippen LogP) is 1.89. The van der Waals surface area contributed by atoms with E-state index in [4.69, 9.17) is 5.11 Å². The summed E-state index contributed by atoms with van der Waals surface area (Å²) in [4.78, 5) is 18.8. The molecule has 0 aliphatic heterocycles. The molecule has 1 heterocycles. The van der Waals surface area contributed by atoms with E-state index in [2.05, 4.69) is 15.3 Å². The van der Waals surface area contributed by atoms with Crippen LogP contribution >= 0.6 is 0 Å². The Kier molecular flexibility index (Phi) is 3.06. The molecule has 1 unspecified atom stereocenters. The van der Waals surface area contributed by atoms with E-state index >= 15 is 0 Å². The molecule has 0 saturated heterocycles. The van der Waals surface area contributed by atoms with Crippen molar-refractivity contribution < 1.29 is 14.3 Å². The van der Waals surface area contributed by atoms with E-state index in [1.165, 1.54) is 24.4 Å². The van der Waals surface area contributed by atoms with Crippen molar-refractivity contribution in [3.05, 3.63) is 53.1 Å². The fraction of sp³-hybridized carbons (Fsp3) is 0.214. The molecular weight excluding hydrogens is 261 g/mol. The predicted molar refractivity (Wildman–Crippen MR) is 70.2 cm³/mol. The minimum Gasteiger partial charge on any atom is -0.477 e. The van der Waals surface area contributed by atoms with Crippen molar-refractivity contribution in [1.82, 2.24) is 9.97 Å². The van der Waals surface area contributed by atoms with Crippen LogP contribution in [0.1, 0.15) is 21.6 Å². The molecule has 1 aromatic heterocycles. The maximum Gasteiger partial charge on any atom is 0.354 e. The molecule has 2 N–H and O–H groups in total. The van der Waals surface area contributed by atoms with Crippen LogP contribution in [-0.4, -0.2) is 27.1 Å². The van der Waals surface area contributed by atoms with Gasteiger partial charge in [-0.1, -0.05) is 6.07 Å². The molecule has 0 fully saturated rings. The van der Waals surface area contributed by atoms with Gasteiger partial charge in [-0.3, -0.25) is 0 Å². The van der Waals surface area contributed by atoms with Gasteiger partial charge >= 0.3 is 5.97 Å². The van der Waals surface area contributed by atoms with Crippen LogP contribution in [0, 0.1) is 5.82 Å². The second kappa shape index (κ2) is 4.88. The number of carboxylic acid groups (broad SMARTS) is 1. The number of aromatic nitrogens is 2. The molecule has 3 rings (SSSR count). The fourth-order valence-electron chi connectivity index (χ4n) is 2.42. The van der Waals surface area contributed by atoms with Crippen molar-refractivity contribution in [2.24, 2.45) is 0 Å². The van der Waals surface area contributed by atoms with Gasteiger partial charge in [-0.25, -0.2) is 19.2 Å². The van der Waals surface area contributed by atoms with E-state index in [9.17, 15) is 9.18 Å². The summed E-state index contributed by atoms with van der Waals surface area (Å²) < 4.78 is 13.1. The summed E-state index contributed by atoms with van der Waals surface area (Å²) >= 11 is 0. The van der Waals surface area contributed by atoms with E-state index < -0.39 is 5.97 Å². The van der Waals surface area contributed by atoms with Gasteiger partial charge in [0.2, 0.25) is 5.95 Å². The number of hydrogen-bond donors (Lipinski definition) is 2. The maximum absolute atomic E-state index is 13.1. The lowest BCUT2D eigenvalue weighted by Crippen LogP contribution is -2.21. The van der Waals surface area contributed by atoms with Crippen LogP contribution in [0.15, 0.2) is 30.5 Å². The first-order valence-electron chi connectivity index (χ1n) is 6.22. The SMILES string of the molecule is O=C(O)c1ccnc(NC2Cc3ccc(F)cc3C2)n1. The van der Waals surface area contributed by atoms with E-state index in [0.717, 1.165) is 17.5 Å². The Hall–Kier alpha value is -2.50. The number of nitrogens with one attached hydrogen (secondary N) is 1. The summed E-state index contributed by atoms with van der Waals surface area (Å²) in [7, 11) is 0. The lowest BCUT2D eigenvalue weighted by Gasteiger charge is -2.11. The number of benzene rings is 1. The van der Waals surface area contributed by atoms with E-state index in [1.807, 2.05) is 0 Å². The van der Waals surface area contributed by atoms with Gasteiger partial charge in [-0.2, -0.15) is 0 Å². The van der Waals surface area contributed by atoms with Crippen molar-refractivity contribution in [3.63, 3.8) is 0 Å². The number of fused-ring (bicyclic) bond motifs is 1. The number of carboxylic acids is 1. The molecule has 0 saturated carbocycles. The topological polar surface area (TPSA) is 75.1 Å². The molecule has 20 heavy (non-hydrogen) atoms. The molecule has 5 nitrogen and oxygen atoms in total. The van der Waals surface area contributed by atoms with Crippen molar-refractivity contribution in [2.75, 3.05) is 5.32 Å². The van der Waals surface area contributed by atoms with Crippen LogP contribution in [-0.2, 0) is 12.8 Å². The van der Waals surface area contributed by atoms with Gasteiger partial charge in [0, 0.05) is 12.2 Å². The van der Waals surface area contributed by atoms with Crippen LogP contribution in [0.5, 0.6) is 0 Å². The van der Waals surface area contributed by atoms with Gasteiger partial charge in [0.25, 0.3) is 0 Å². The first-order valence-corrected chi connectivity index (χ1v) is 6.22. The second-order valence-corrected chi connectivity index (χ2v) is 4.73. The molecule has 0 spiro atoms. The van der Waals surface area contributed by atoms with Crippen molar-refractivity contribution in [2.45, 2.75) is 18.9 Å². The third-order valence-electron chi connectivity index (χ3n) is 3.31. The third kappa shape index (κ3) is 2.45. The summed E-state index contributed by atoms with van der Waals surface area (Å²) in [5, 5.41) is 12.0. The third-order valence-corrected chi connectivity index (χ3v) is 3.31. The van der Waals surface area contributed by atoms with Gasteiger partial charge < -0.3 is 10.4 Å². The first kappa shape index (κ1) is 12.5. The first-order chi connectivity index (χ1) is 9.61. The number of rotatable bonds is 3. The largest absolute Gasteiger partial charge is 0.477 e. The Balaban J connectivity index is 1.74. The highest BCUT2D eigenvalue weighted by atomic mass is 19.1. The standard InChI is InChI=1S/C14H12FN3O2/c15-10-2-1-8-6-11(7-9(8)5-10)17-14-16-4-3-12(18-14)13(19)20/h1-5,11H,6-7H2,(H,19,20)(H,16,17,18). The van der Waals surface area contributed by atoms with Gasteiger partial charge in [0.05, 0.1) is 0 Å². The highest BCUT2D eigenvalue weighted by molar-refractivity contribution is 5.85. The average Bonchev–Trinajstić information content (AvgIpc) is 2.80. The summed E-state index contributed by atoms with van der Waals surface area (Å²) in [6.45, 7) is 0. The smallest absolute Gasteiger partial charge is 0.354 e. The normalized spacial score (nSPS) is 16.8. The molecule has 0 radical (unpaired) electrons. The number of carbonyl (C=O) groups is 1. The number of nitrogens with zero attached hydrogens (tertiary/aromatic N) is 2. The van der Waals surface area contributed by atoms with E-state index in [1.54, 1.807) is 6.07 Å². The van der Waals surface area contributed by atoms with Crippen LogP contribution in [0.2, 0.25) is 0 Å². The molecule has 1 atom stereocenters. The minimum absolute atomic E-state index is 0.0517. The zero-order valence-corrected chi connectivity index (χ0v) is 10.5. The molecule has 0 bridgehead atoms. The highest BCUT2D eigenvalue weighted by Gasteiger charge is 2.22. The number of halogens is 1. The Morgan fingerprint density at radius 3 is 2.90 bits per heavy atom. The molecule has 2 aromatic rings. The van der Waals surface area contributed by atoms with Crippen LogP contribution in [0.25, 0.3) is 0 Å². The number of anilines is 1. The van der Waals surface area contributed by atoms with E-state index in [0.29, 0.717) is 6.42 Å². The Morgan fingerprint density at radius 2 is 2.10 bits per heavy atom. The minimum atomic E-state index is -1.09. The number of hydrogen-bond acceptors (Lipinski definition) is 4. The monoisotopic (exact) mass is 273 g/mol. The van der Waals surface area contributed by atoms with Crippen molar-refractivity contribution >= 4 is 11.9 Å². The van der Waals surface area contributed by atoms with Gasteiger partial charge in [0.15, 0.2) is 5.69 Å². The van der Waals surface area contributed by atoms with Gasteiger partial charge in [-0.05, 0) is 42.2 Å². The fourth-order valence-corrected chi connectivity index (χ4v) is 2.42. The van der Waals surface area contributed by atoms with Crippen LogP contribution in [0.3, 0.4) is 0 Å². The molecular formula is C14H12FN3O2. The lowest BCUT2D eigenvalue weighted by molar-refractivity contribution is 0.0690. The Bertz CT molecular complexity index is 675. The van der Waals surface area contributed by atoms with E-state index in [-0.39, 0.29) is 23.5 Å². The molecule has 102 valence electrons. The zero-order valence-electron chi connectivity index (χ0n) is 10.5. The molecule has 1 aliphatic carbocycles. The Morgan fingerprint density at radius 1 is 1.30 bits per heavy atom. The molecule has 6 heteroatoms. The number of aromatic carboxylic acids is 1. The Labute approximate surface area is 114 Å². The van der Waals surface area contributed by atoms with Crippen LogP contribution < -0.4 is 5.32 Å². The summed E-state index contributed by atoms with van der Waals surface area (Å²) in [5.41, 5.74) is 2.01. The maximum atomic E-state index is 13.1. The summed E-state index contributed by atoms with van der Waals surface area (Å²) in [6, 6.07) is 6.15. The van der Waals surface area contributed by atoms with Crippen LogP contribution in [0.4, 0.5) is 10.3 Å². The molecule has 1 aromatic carbocycles. The summed E-state index contributed by atoms with van der Waals surface area (Å²) in [6.07, 6.45) is 2.82. The van der Waals surface area contributed by atoms with Gasteiger partial charge in [0.1, 0.15) is 5.82 Å². The average molecular weight is 273 g/mol. The molecule has 1 aliphatic rings. The molecule has 0 amide bonds. The lowest BCUT2D eigenvalue weighted by atomic mass is 10.1. The van der Waals surface area contributed by atoms with Gasteiger partial charge in [-0.15, -0.1) is 0 Å².